The number of hydrogen-bond donors (Lipinski definition) is 2. The number of aromatic amines is 1. The monoisotopic (exact) mass is 383 g/mol. The Bertz CT molecular complexity index is 1080. The van der Waals surface area contributed by atoms with Crippen LogP contribution in [0.1, 0.15) is 24.4 Å². The summed E-state index contributed by atoms with van der Waals surface area (Å²) in [5.74, 6) is 1.14. The van der Waals surface area contributed by atoms with Crippen LogP contribution < -0.4 is 5.32 Å². The van der Waals surface area contributed by atoms with Gasteiger partial charge in [-0.3, -0.25) is 14.9 Å². The fourth-order valence-corrected chi connectivity index (χ4v) is 3.09. The van der Waals surface area contributed by atoms with Gasteiger partial charge in [0.2, 0.25) is 5.91 Å². The number of benzene rings is 2. The third-order valence-electron chi connectivity index (χ3n) is 4.65. The quantitative estimate of drug-likeness (QED) is 0.528. The number of aromatic nitrogens is 4. The van der Waals surface area contributed by atoms with Crippen molar-refractivity contribution in [3.05, 3.63) is 90.5 Å². The van der Waals surface area contributed by atoms with E-state index in [0.29, 0.717) is 18.1 Å². The summed E-state index contributed by atoms with van der Waals surface area (Å²) in [5, 5.41) is 10.1. The van der Waals surface area contributed by atoms with E-state index in [-0.39, 0.29) is 11.9 Å². The molecule has 4 rings (SSSR count). The molecule has 0 saturated heterocycles. The number of nitrogens with zero attached hydrogens (tertiary/aromatic N) is 3. The van der Waals surface area contributed by atoms with Crippen LogP contribution in [0.25, 0.3) is 22.5 Å². The predicted molar refractivity (Wildman–Crippen MR) is 112 cm³/mol. The van der Waals surface area contributed by atoms with Crippen molar-refractivity contribution in [3.63, 3.8) is 0 Å². The van der Waals surface area contributed by atoms with E-state index in [2.05, 4.69) is 37.6 Å². The second kappa shape index (κ2) is 8.48. The summed E-state index contributed by atoms with van der Waals surface area (Å²) >= 11 is 0. The maximum absolute atomic E-state index is 12.4. The fourth-order valence-electron chi connectivity index (χ4n) is 3.09. The third-order valence-corrected chi connectivity index (χ3v) is 4.65. The zero-order valence-electron chi connectivity index (χ0n) is 16.0. The molecule has 0 unspecified atom stereocenters. The van der Waals surface area contributed by atoms with E-state index >= 15 is 0 Å². The zero-order valence-corrected chi connectivity index (χ0v) is 16.0. The molecule has 2 aromatic heterocycles. The number of pyridine rings is 1. The fraction of sp³-hybridized carbons (Fsp3) is 0.130. The Morgan fingerprint density at radius 2 is 1.62 bits per heavy atom. The summed E-state index contributed by atoms with van der Waals surface area (Å²) in [5.41, 5.74) is 4.13. The van der Waals surface area contributed by atoms with Gasteiger partial charge in [-0.25, -0.2) is 4.98 Å². The number of amides is 1. The van der Waals surface area contributed by atoms with Gasteiger partial charge in [-0.2, -0.15) is 5.10 Å². The minimum absolute atomic E-state index is 0.0631. The molecule has 144 valence electrons. The van der Waals surface area contributed by atoms with E-state index in [1.165, 1.54) is 0 Å². The molecule has 1 atom stereocenters. The van der Waals surface area contributed by atoms with Gasteiger partial charge in [-0.15, -0.1) is 0 Å². The Morgan fingerprint density at radius 3 is 2.34 bits per heavy atom. The highest BCUT2D eigenvalue weighted by molar-refractivity contribution is 5.79. The van der Waals surface area contributed by atoms with E-state index in [9.17, 15) is 4.79 Å². The topological polar surface area (TPSA) is 83.6 Å². The first-order chi connectivity index (χ1) is 14.2. The molecule has 0 bridgehead atoms. The average molecular weight is 383 g/mol. The van der Waals surface area contributed by atoms with Gasteiger partial charge in [0.05, 0.1) is 12.5 Å². The lowest BCUT2D eigenvalue weighted by Gasteiger charge is -2.11. The van der Waals surface area contributed by atoms with Crippen molar-refractivity contribution in [2.45, 2.75) is 19.4 Å². The summed E-state index contributed by atoms with van der Waals surface area (Å²) < 4.78 is 0. The van der Waals surface area contributed by atoms with Gasteiger partial charge in [0.1, 0.15) is 5.82 Å². The lowest BCUT2D eigenvalue weighted by atomic mass is 10.0. The van der Waals surface area contributed by atoms with Crippen LogP contribution >= 0.6 is 0 Å². The molecular formula is C23H21N5O. The molecule has 6 nitrogen and oxygen atoms in total. The van der Waals surface area contributed by atoms with Crippen LogP contribution in [0.3, 0.4) is 0 Å². The van der Waals surface area contributed by atoms with Gasteiger partial charge in [-0.05, 0) is 35.7 Å². The lowest BCUT2D eigenvalue weighted by molar-refractivity contribution is -0.121. The largest absolute Gasteiger partial charge is 0.346 e. The van der Waals surface area contributed by atoms with Gasteiger partial charge >= 0.3 is 0 Å². The van der Waals surface area contributed by atoms with Crippen molar-refractivity contribution in [2.75, 3.05) is 0 Å². The first-order valence-corrected chi connectivity index (χ1v) is 9.45. The molecule has 0 radical (unpaired) electrons. The molecule has 4 aromatic rings. The summed E-state index contributed by atoms with van der Waals surface area (Å²) in [4.78, 5) is 20.9. The Morgan fingerprint density at radius 1 is 0.931 bits per heavy atom. The Kier molecular flexibility index (Phi) is 5.42. The van der Waals surface area contributed by atoms with Crippen molar-refractivity contribution in [2.24, 2.45) is 0 Å². The molecular weight excluding hydrogens is 362 g/mol. The van der Waals surface area contributed by atoms with Crippen LogP contribution in [0.4, 0.5) is 0 Å². The molecule has 2 aromatic carbocycles. The summed E-state index contributed by atoms with van der Waals surface area (Å²) in [6.45, 7) is 1.88. The van der Waals surface area contributed by atoms with Crippen molar-refractivity contribution in [1.29, 1.82) is 0 Å². The van der Waals surface area contributed by atoms with Crippen molar-refractivity contribution in [3.8, 4) is 22.5 Å². The first kappa shape index (κ1) is 18.6. The highest BCUT2D eigenvalue weighted by atomic mass is 16.1. The third kappa shape index (κ3) is 4.55. The van der Waals surface area contributed by atoms with E-state index in [1.807, 2.05) is 61.5 Å². The van der Waals surface area contributed by atoms with E-state index in [4.69, 9.17) is 0 Å². The minimum Gasteiger partial charge on any atom is -0.346 e. The second-order valence-electron chi connectivity index (χ2n) is 6.81. The predicted octanol–water partition coefficient (Wildman–Crippen LogP) is 3.95. The molecule has 2 heterocycles. The maximum atomic E-state index is 12.4. The van der Waals surface area contributed by atoms with Gasteiger partial charge in [-0.1, -0.05) is 54.6 Å². The van der Waals surface area contributed by atoms with Gasteiger partial charge in [0.15, 0.2) is 5.82 Å². The van der Waals surface area contributed by atoms with Gasteiger partial charge in [0.25, 0.3) is 0 Å². The molecule has 0 fully saturated rings. The van der Waals surface area contributed by atoms with Crippen LogP contribution in [-0.4, -0.2) is 26.1 Å². The van der Waals surface area contributed by atoms with Crippen molar-refractivity contribution >= 4 is 5.91 Å². The van der Waals surface area contributed by atoms with Crippen molar-refractivity contribution < 1.29 is 4.79 Å². The van der Waals surface area contributed by atoms with Crippen LogP contribution in [-0.2, 0) is 11.2 Å². The summed E-state index contributed by atoms with van der Waals surface area (Å²) in [6.07, 6.45) is 3.70. The Labute approximate surface area is 169 Å². The molecule has 29 heavy (non-hydrogen) atoms. The van der Waals surface area contributed by atoms with E-state index in [1.54, 1.807) is 12.4 Å². The number of rotatable bonds is 6. The van der Waals surface area contributed by atoms with Crippen LogP contribution in [0.2, 0.25) is 0 Å². The molecule has 0 aliphatic rings. The Hall–Kier alpha value is -3.80. The Balaban J connectivity index is 1.36. The highest BCUT2D eigenvalue weighted by Gasteiger charge is 2.15. The smallest absolute Gasteiger partial charge is 0.224 e. The number of hydrogen-bond acceptors (Lipinski definition) is 4. The molecule has 6 heteroatoms. The molecule has 0 spiro atoms. The minimum atomic E-state index is -0.269. The molecule has 0 saturated carbocycles. The summed E-state index contributed by atoms with van der Waals surface area (Å²) in [6, 6.07) is 21.6. The van der Waals surface area contributed by atoms with Gasteiger partial charge in [0, 0.05) is 18.0 Å². The van der Waals surface area contributed by atoms with Crippen LogP contribution in [0, 0.1) is 0 Å². The lowest BCUT2D eigenvalue weighted by Crippen LogP contribution is -2.28. The average Bonchev–Trinajstić information content (AvgIpc) is 3.26. The molecule has 0 aliphatic heterocycles. The van der Waals surface area contributed by atoms with Crippen molar-refractivity contribution in [1.82, 2.24) is 25.5 Å². The van der Waals surface area contributed by atoms with Gasteiger partial charge < -0.3 is 5.32 Å². The molecule has 0 aliphatic carbocycles. The first-order valence-electron chi connectivity index (χ1n) is 9.45. The highest BCUT2D eigenvalue weighted by Crippen LogP contribution is 2.20. The molecule has 2 N–H and O–H groups in total. The second-order valence-corrected chi connectivity index (χ2v) is 6.81. The van der Waals surface area contributed by atoms with Crippen LogP contribution in [0.15, 0.2) is 79.1 Å². The van der Waals surface area contributed by atoms with E-state index < -0.39 is 0 Å². The number of carbonyl (C=O) groups excluding carboxylic acids is 1. The molecule has 1 amide bonds. The maximum Gasteiger partial charge on any atom is 0.224 e. The number of nitrogens with one attached hydrogen (secondary N) is 2. The zero-order chi connectivity index (χ0) is 20.1. The standard InChI is InChI=1S/C23H21N5O/c1-16(22-26-23(28-27-22)20-11-13-24-14-12-20)25-21(29)15-17-7-9-19(10-8-17)18-5-3-2-4-6-18/h2-14,16H,15H2,1H3,(H,25,29)(H,26,27,28)/t16-/m1/s1. The van der Waals surface area contributed by atoms with E-state index in [0.717, 1.165) is 22.3 Å². The SMILES string of the molecule is C[C@@H](NC(=O)Cc1ccc(-c2ccccc2)cc1)c1nc(-c2ccncc2)n[nH]1. The normalized spacial score (nSPS) is 11.8. The summed E-state index contributed by atoms with van der Waals surface area (Å²) in [7, 11) is 0. The number of H-pyrrole nitrogens is 1. The van der Waals surface area contributed by atoms with Crippen LogP contribution in [0.5, 0.6) is 0 Å². The number of carbonyl (C=O) groups is 1.